The van der Waals surface area contributed by atoms with Crippen molar-refractivity contribution < 1.29 is 18.8 Å². The van der Waals surface area contributed by atoms with E-state index in [1.807, 2.05) is 9.80 Å². The summed E-state index contributed by atoms with van der Waals surface area (Å²) in [4.78, 5) is 33.1. The minimum atomic E-state index is 0.0239. The van der Waals surface area contributed by atoms with Gasteiger partial charge < -0.3 is 19.1 Å². The zero-order valence-corrected chi connectivity index (χ0v) is 17.8. The Hall–Kier alpha value is -1.96. The fourth-order valence-electron chi connectivity index (χ4n) is 4.61. The van der Waals surface area contributed by atoms with Crippen LogP contribution in [0.15, 0.2) is 4.52 Å². The highest BCUT2D eigenvalue weighted by molar-refractivity contribution is 5.77. The van der Waals surface area contributed by atoms with E-state index in [1.54, 1.807) is 14.0 Å². The van der Waals surface area contributed by atoms with Crippen LogP contribution in [0.1, 0.15) is 70.0 Å². The second-order valence-corrected chi connectivity index (χ2v) is 8.32. The summed E-state index contributed by atoms with van der Waals surface area (Å²) in [7, 11) is 1.57. The number of aromatic nitrogens is 2. The quantitative estimate of drug-likeness (QED) is 0.626. The maximum atomic E-state index is 12.7. The zero-order valence-electron chi connectivity index (χ0n) is 17.8. The van der Waals surface area contributed by atoms with Gasteiger partial charge in [-0.25, -0.2) is 0 Å². The highest BCUT2D eigenvalue weighted by Gasteiger charge is 2.29. The fourth-order valence-corrected chi connectivity index (χ4v) is 4.61. The number of nitrogens with zero attached hydrogens (tertiary/aromatic N) is 4. The molecule has 1 saturated carbocycles. The average Bonchev–Trinajstić information content (AvgIpc) is 3.39. The van der Waals surface area contributed by atoms with E-state index < -0.39 is 0 Å². The van der Waals surface area contributed by atoms with Crippen LogP contribution in [0.4, 0.5) is 0 Å². The molecule has 1 saturated heterocycles. The maximum Gasteiger partial charge on any atom is 0.252 e. The molecular weight excluding hydrogens is 372 g/mol. The second kappa shape index (κ2) is 10.7. The summed E-state index contributed by atoms with van der Waals surface area (Å²) in [5, 5.41) is 3.95. The SMILES string of the molecule is COCc1nc(CCN(C(C)=O)C2CCCN(C(=O)CCC3CCCC3)C2)no1. The number of likely N-dealkylation sites (tertiary alicyclic amines) is 1. The molecule has 8 nitrogen and oxygen atoms in total. The number of hydrogen-bond acceptors (Lipinski definition) is 6. The first kappa shape index (κ1) is 21.7. The van der Waals surface area contributed by atoms with Gasteiger partial charge in [0.1, 0.15) is 6.61 Å². The summed E-state index contributed by atoms with van der Waals surface area (Å²) in [6, 6.07) is 0.0574. The number of amides is 2. The molecule has 1 unspecified atom stereocenters. The molecule has 1 aromatic heterocycles. The minimum absolute atomic E-state index is 0.0239. The van der Waals surface area contributed by atoms with Gasteiger partial charge in [-0.3, -0.25) is 9.59 Å². The van der Waals surface area contributed by atoms with Gasteiger partial charge in [0, 0.05) is 52.6 Å². The van der Waals surface area contributed by atoms with Crippen LogP contribution in [0, 0.1) is 5.92 Å². The van der Waals surface area contributed by atoms with E-state index in [1.165, 1.54) is 25.7 Å². The molecule has 0 bridgehead atoms. The van der Waals surface area contributed by atoms with Gasteiger partial charge in [0.05, 0.1) is 0 Å². The Morgan fingerprint density at radius 2 is 2.03 bits per heavy atom. The van der Waals surface area contributed by atoms with Crippen molar-refractivity contribution in [1.82, 2.24) is 19.9 Å². The first-order valence-electron chi connectivity index (χ1n) is 10.9. The Morgan fingerprint density at radius 3 is 2.76 bits per heavy atom. The third-order valence-electron chi connectivity index (χ3n) is 6.19. The van der Waals surface area contributed by atoms with Gasteiger partial charge in [-0.2, -0.15) is 4.98 Å². The lowest BCUT2D eigenvalue weighted by molar-refractivity contribution is -0.138. The highest BCUT2D eigenvalue weighted by atomic mass is 16.5. The smallest absolute Gasteiger partial charge is 0.252 e. The molecule has 2 aliphatic rings. The normalized spacial score (nSPS) is 20.2. The summed E-state index contributed by atoms with van der Waals surface area (Å²) >= 11 is 0. The summed E-state index contributed by atoms with van der Waals surface area (Å²) in [5.74, 6) is 2.01. The molecule has 0 N–H and O–H groups in total. The lowest BCUT2D eigenvalue weighted by atomic mass is 9.99. The van der Waals surface area contributed by atoms with E-state index in [-0.39, 0.29) is 24.5 Å². The molecule has 1 aliphatic heterocycles. The molecule has 1 aliphatic carbocycles. The summed E-state index contributed by atoms with van der Waals surface area (Å²) in [6.45, 7) is 3.83. The van der Waals surface area contributed by atoms with E-state index in [0.717, 1.165) is 31.7 Å². The average molecular weight is 407 g/mol. The lowest BCUT2D eigenvalue weighted by Crippen LogP contribution is -2.51. The van der Waals surface area contributed by atoms with E-state index in [2.05, 4.69) is 10.1 Å². The Kier molecular flexibility index (Phi) is 8.03. The van der Waals surface area contributed by atoms with Crippen molar-refractivity contribution in [3.05, 3.63) is 11.7 Å². The molecule has 0 radical (unpaired) electrons. The Morgan fingerprint density at radius 1 is 1.24 bits per heavy atom. The van der Waals surface area contributed by atoms with Crippen LogP contribution in [-0.2, 0) is 27.4 Å². The number of rotatable bonds is 9. The zero-order chi connectivity index (χ0) is 20.6. The molecule has 1 atom stereocenters. The van der Waals surface area contributed by atoms with Crippen LogP contribution in [-0.4, -0.2) is 64.5 Å². The summed E-state index contributed by atoms with van der Waals surface area (Å²) in [6.07, 6.45) is 9.21. The van der Waals surface area contributed by atoms with Gasteiger partial charge in [-0.15, -0.1) is 0 Å². The third-order valence-corrected chi connectivity index (χ3v) is 6.19. The molecule has 2 fully saturated rings. The van der Waals surface area contributed by atoms with E-state index >= 15 is 0 Å². The lowest BCUT2D eigenvalue weighted by Gasteiger charge is -2.39. The van der Waals surface area contributed by atoms with Gasteiger partial charge in [0.2, 0.25) is 11.8 Å². The predicted octanol–water partition coefficient (Wildman–Crippen LogP) is 2.57. The second-order valence-electron chi connectivity index (χ2n) is 8.32. The molecular formula is C21H34N4O4. The number of hydrogen-bond donors (Lipinski definition) is 0. The standard InChI is InChI=1S/C21H34N4O4/c1-16(26)25(13-11-19-22-20(15-28-2)29-23-19)18-8-5-12-24(14-18)21(27)10-9-17-6-3-4-7-17/h17-18H,3-15H2,1-2H3. The van der Waals surface area contributed by atoms with Crippen LogP contribution < -0.4 is 0 Å². The Balaban J connectivity index is 1.51. The molecule has 8 heteroatoms. The maximum absolute atomic E-state index is 12.7. The van der Waals surface area contributed by atoms with Crippen LogP contribution >= 0.6 is 0 Å². The van der Waals surface area contributed by atoms with E-state index in [4.69, 9.17) is 9.26 Å². The molecule has 2 heterocycles. The molecule has 0 aromatic carbocycles. The molecule has 3 rings (SSSR count). The van der Waals surface area contributed by atoms with Crippen LogP contribution in [0.3, 0.4) is 0 Å². The molecule has 1 aromatic rings. The number of ether oxygens (including phenoxy) is 1. The fraction of sp³-hybridized carbons (Fsp3) is 0.810. The topological polar surface area (TPSA) is 88.8 Å². The van der Waals surface area contributed by atoms with Gasteiger partial charge >= 0.3 is 0 Å². The van der Waals surface area contributed by atoms with Crippen molar-refractivity contribution in [3.63, 3.8) is 0 Å². The van der Waals surface area contributed by atoms with Gasteiger partial charge in [-0.05, 0) is 25.2 Å². The van der Waals surface area contributed by atoms with Crippen molar-refractivity contribution in [2.45, 2.75) is 77.4 Å². The first-order chi connectivity index (χ1) is 14.1. The third kappa shape index (κ3) is 6.26. The number of carbonyl (C=O) groups excluding carboxylic acids is 2. The van der Waals surface area contributed by atoms with Crippen molar-refractivity contribution in [3.8, 4) is 0 Å². The van der Waals surface area contributed by atoms with Gasteiger partial charge in [-0.1, -0.05) is 30.8 Å². The Labute approximate surface area is 172 Å². The minimum Gasteiger partial charge on any atom is -0.375 e. The van der Waals surface area contributed by atoms with Crippen LogP contribution in [0.25, 0.3) is 0 Å². The van der Waals surface area contributed by atoms with Gasteiger partial charge in [0.15, 0.2) is 5.82 Å². The first-order valence-corrected chi connectivity index (χ1v) is 10.9. The van der Waals surface area contributed by atoms with Crippen molar-refractivity contribution in [2.24, 2.45) is 5.92 Å². The summed E-state index contributed by atoms with van der Waals surface area (Å²) < 4.78 is 10.1. The Bertz CT molecular complexity index is 671. The van der Waals surface area contributed by atoms with Crippen LogP contribution in [0.2, 0.25) is 0 Å². The largest absolute Gasteiger partial charge is 0.375 e. The molecule has 0 spiro atoms. The monoisotopic (exact) mass is 406 g/mol. The molecule has 162 valence electrons. The number of piperidine rings is 1. The number of methoxy groups -OCH3 is 1. The van der Waals surface area contributed by atoms with Crippen LogP contribution in [0.5, 0.6) is 0 Å². The van der Waals surface area contributed by atoms with Crippen molar-refractivity contribution in [2.75, 3.05) is 26.7 Å². The summed E-state index contributed by atoms with van der Waals surface area (Å²) in [5.41, 5.74) is 0. The number of carbonyl (C=O) groups is 2. The molecule has 2 amide bonds. The molecule has 29 heavy (non-hydrogen) atoms. The van der Waals surface area contributed by atoms with Crippen molar-refractivity contribution >= 4 is 11.8 Å². The van der Waals surface area contributed by atoms with E-state index in [0.29, 0.717) is 37.6 Å². The highest BCUT2D eigenvalue weighted by Crippen LogP contribution is 2.29. The van der Waals surface area contributed by atoms with Gasteiger partial charge in [0.25, 0.3) is 5.89 Å². The predicted molar refractivity (Wildman–Crippen MR) is 107 cm³/mol. The van der Waals surface area contributed by atoms with E-state index in [9.17, 15) is 9.59 Å². The van der Waals surface area contributed by atoms with Crippen molar-refractivity contribution in [1.29, 1.82) is 0 Å².